The van der Waals surface area contributed by atoms with Crippen molar-refractivity contribution in [2.24, 2.45) is 4.99 Å². The second kappa shape index (κ2) is 14.9. The van der Waals surface area contributed by atoms with Crippen LogP contribution in [0.4, 0.5) is 0 Å². The van der Waals surface area contributed by atoms with Crippen molar-refractivity contribution < 1.29 is 14.2 Å². The van der Waals surface area contributed by atoms with Crippen molar-refractivity contribution in [2.45, 2.75) is 63.6 Å². The molecule has 0 radical (unpaired) electrons. The van der Waals surface area contributed by atoms with Crippen LogP contribution in [0.2, 0.25) is 0 Å². The molecule has 6 nitrogen and oxygen atoms in total. The first-order valence-corrected chi connectivity index (χ1v) is 11.6. The van der Waals surface area contributed by atoms with E-state index in [2.05, 4.69) is 27.3 Å². The van der Waals surface area contributed by atoms with Crippen LogP contribution in [0.1, 0.15) is 50.5 Å². The number of aliphatic imine (C=N–C) groups is 1. The highest BCUT2D eigenvalue weighted by molar-refractivity contribution is 14.0. The Kier molecular flexibility index (Phi) is 12.6. The zero-order valence-electron chi connectivity index (χ0n) is 19.2. The minimum Gasteiger partial charge on any atom is -0.497 e. The monoisotopic (exact) mass is 545 g/mol. The third kappa shape index (κ3) is 9.14. The van der Waals surface area contributed by atoms with Gasteiger partial charge in [0.15, 0.2) is 5.96 Å². The van der Waals surface area contributed by atoms with E-state index < -0.39 is 0 Å². The molecule has 0 aliphatic carbocycles. The highest BCUT2D eigenvalue weighted by atomic mass is 127. The van der Waals surface area contributed by atoms with Crippen LogP contribution in [0.15, 0.2) is 29.3 Å². The number of guanidine groups is 1. The number of halogens is 1. The molecule has 0 aromatic heterocycles. The Balaban J connectivity index is 0.00000341. The summed E-state index contributed by atoms with van der Waals surface area (Å²) in [6.07, 6.45) is 9.79. The normalized spacial score (nSPS) is 20.3. The standard InChI is InChI=1S/C24H39N3O3.HI/c1-25-24(26-15-5-3-7-20-9-11-21(28-2)12-10-20)27-16-13-22(14-17-27)30-19-23-8-4-6-18-29-23;/h9-12,22-23H,3-8,13-19H2,1-2H3,(H,25,26);1H. The molecule has 0 bridgehead atoms. The van der Waals surface area contributed by atoms with Crippen molar-refractivity contribution in [3.05, 3.63) is 29.8 Å². The van der Waals surface area contributed by atoms with E-state index in [0.29, 0.717) is 12.2 Å². The van der Waals surface area contributed by atoms with Crippen LogP contribution in [-0.4, -0.2) is 70.1 Å². The highest BCUT2D eigenvalue weighted by Crippen LogP contribution is 2.18. The Morgan fingerprint density at radius 3 is 2.55 bits per heavy atom. The number of benzene rings is 1. The maximum absolute atomic E-state index is 6.13. The second-order valence-corrected chi connectivity index (χ2v) is 8.29. The van der Waals surface area contributed by atoms with Gasteiger partial charge in [-0.3, -0.25) is 4.99 Å². The van der Waals surface area contributed by atoms with Gasteiger partial charge in [-0.25, -0.2) is 0 Å². The molecule has 3 rings (SSSR count). The first-order valence-electron chi connectivity index (χ1n) is 11.6. The molecule has 0 saturated carbocycles. The maximum Gasteiger partial charge on any atom is 0.193 e. The van der Waals surface area contributed by atoms with Gasteiger partial charge >= 0.3 is 0 Å². The van der Waals surface area contributed by atoms with Gasteiger partial charge in [-0.2, -0.15) is 0 Å². The predicted octanol–water partition coefficient (Wildman–Crippen LogP) is 4.26. The molecule has 0 amide bonds. The summed E-state index contributed by atoms with van der Waals surface area (Å²) in [6, 6.07) is 8.37. The number of piperidine rings is 1. The molecule has 0 spiro atoms. The number of nitrogens with one attached hydrogen (secondary N) is 1. The van der Waals surface area contributed by atoms with Gasteiger partial charge in [0, 0.05) is 33.3 Å². The first kappa shape index (κ1) is 26.2. The molecule has 1 atom stereocenters. The molecule has 176 valence electrons. The van der Waals surface area contributed by atoms with Gasteiger partial charge < -0.3 is 24.4 Å². The molecule has 7 heteroatoms. The van der Waals surface area contributed by atoms with Crippen LogP contribution < -0.4 is 10.1 Å². The minimum atomic E-state index is 0. The Morgan fingerprint density at radius 2 is 1.90 bits per heavy atom. The van der Waals surface area contributed by atoms with Gasteiger partial charge in [-0.05, 0) is 69.1 Å². The molecule has 1 aromatic rings. The lowest BCUT2D eigenvalue weighted by atomic mass is 10.1. The number of methoxy groups -OCH3 is 1. The number of rotatable bonds is 9. The van der Waals surface area contributed by atoms with Gasteiger partial charge in [0.1, 0.15) is 5.75 Å². The summed E-state index contributed by atoms with van der Waals surface area (Å²) in [4.78, 5) is 6.85. The molecule has 2 aliphatic heterocycles. The molecular weight excluding hydrogens is 505 g/mol. The average molecular weight is 546 g/mol. The summed E-state index contributed by atoms with van der Waals surface area (Å²) in [5.74, 6) is 1.94. The van der Waals surface area contributed by atoms with E-state index >= 15 is 0 Å². The van der Waals surface area contributed by atoms with Gasteiger partial charge in [0.05, 0.1) is 25.9 Å². The molecule has 1 aromatic carbocycles. The van der Waals surface area contributed by atoms with Crippen molar-refractivity contribution in [3.8, 4) is 5.75 Å². The molecule has 2 heterocycles. The summed E-state index contributed by atoms with van der Waals surface area (Å²) in [7, 11) is 3.58. The van der Waals surface area contributed by atoms with Crippen LogP contribution in [0.3, 0.4) is 0 Å². The van der Waals surface area contributed by atoms with Crippen molar-refractivity contribution in [2.75, 3.05) is 47.0 Å². The zero-order valence-corrected chi connectivity index (χ0v) is 21.5. The highest BCUT2D eigenvalue weighted by Gasteiger charge is 2.23. The van der Waals surface area contributed by atoms with Crippen molar-refractivity contribution >= 4 is 29.9 Å². The van der Waals surface area contributed by atoms with Crippen molar-refractivity contribution in [1.29, 1.82) is 0 Å². The number of aryl methyl sites for hydroxylation is 1. The largest absolute Gasteiger partial charge is 0.497 e. The molecule has 1 N–H and O–H groups in total. The maximum atomic E-state index is 6.13. The fourth-order valence-corrected chi connectivity index (χ4v) is 4.20. The molecule has 2 saturated heterocycles. The SMILES string of the molecule is CN=C(NCCCCc1ccc(OC)cc1)N1CCC(OCC2CCCCO2)CC1.I. The Morgan fingerprint density at radius 1 is 1.13 bits per heavy atom. The zero-order chi connectivity index (χ0) is 21.0. The Labute approximate surface area is 205 Å². The Bertz CT molecular complexity index is 627. The van der Waals surface area contributed by atoms with E-state index in [1.54, 1.807) is 7.11 Å². The number of ether oxygens (including phenoxy) is 3. The lowest BCUT2D eigenvalue weighted by Crippen LogP contribution is -2.47. The summed E-state index contributed by atoms with van der Waals surface area (Å²) in [5.41, 5.74) is 1.36. The smallest absolute Gasteiger partial charge is 0.193 e. The first-order chi connectivity index (χ1) is 14.8. The molecule has 2 aliphatic rings. The number of unbranched alkanes of at least 4 members (excludes halogenated alkanes) is 1. The van der Waals surface area contributed by atoms with E-state index in [4.69, 9.17) is 14.2 Å². The third-order valence-corrected chi connectivity index (χ3v) is 6.08. The van der Waals surface area contributed by atoms with Gasteiger partial charge in [-0.15, -0.1) is 24.0 Å². The quantitative estimate of drug-likeness (QED) is 0.218. The van der Waals surface area contributed by atoms with Crippen LogP contribution in [-0.2, 0) is 15.9 Å². The van der Waals surface area contributed by atoms with Gasteiger partial charge in [-0.1, -0.05) is 12.1 Å². The van der Waals surface area contributed by atoms with Crippen LogP contribution in [0.25, 0.3) is 0 Å². The molecule has 31 heavy (non-hydrogen) atoms. The Hall–Kier alpha value is -1.06. The van der Waals surface area contributed by atoms with Crippen molar-refractivity contribution in [3.63, 3.8) is 0 Å². The van der Waals surface area contributed by atoms with Crippen LogP contribution in [0.5, 0.6) is 5.75 Å². The van der Waals surface area contributed by atoms with E-state index in [-0.39, 0.29) is 24.0 Å². The summed E-state index contributed by atoms with van der Waals surface area (Å²) < 4.78 is 17.1. The molecular formula is C24H40IN3O3. The van der Waals surface area contributed by atoms with Crippen LogP contribution in [0, 0.1) is 0 Å². The lowest BCUT2D eigenvalue weighted by molar-refractivity contribution is -0.0721. The van der Waals surface area contributed by atoms with E-state index in [1.165, 1.54) is 18.4 Å². The topological polar surface area (TPSA) is 55.3 Å². The van der Waals surface area contributed by atoms with Crippen molar-refractivity contribution in [1.82, 2.24) is 10.2 Å². The van der Waals surface area contributed by atoms with Gasteiger partial charge in [0.2, 0.25) is 0 Å². The molecule has 2 fully saturated rings. The number of likely N-dealkylation sites (tertiary alicyclic amines) is 1. The van der Waals surface area contributed by atoms with Gasteiger partial charge in [0.25, 0.3) is 0 Å². The second-order valence-electron chi connectivity index (χ2n) is 8.29. The minimum absolute atomic E-state index is 0. The summed E-state index contributed by atoms with van der Waals surface area (Å²) >= 11 is 0. The lowest BCUT2D eigenvalue weighted by Gasteiger charge is -2.35. The average Bonchev–Trinajstić information content (AvgIpc) is 2.81. The van der Waals surface area contributed by atoms with E-state index in [1.807, 2.05) is 19.2 Å². The fraction of sp³-hybridized carbons (Fsp3) is 0.708. The number of hydrogen-bond acceptors (Lipinski definition) is 4. The van der Waals surface area contributed by atoms with E-state index in [9.17, 15) is 0 Å². The molecule has 1 unspecified atom stereocenters. The predicted molar refractivity (Wildman–Crippen MR) is 137 cm³/mol. The third-order valence-electron chi connectivity index (χ3n) is 6.08. The summed E-state index contributed by atoms with van der Waals surface area (Å²) in [5, 5.41) is 3.54. The van der Waals surface area contributed by atoms with Crippen LogP contribution >= 0.6 is 24.0 Å². The fourth-order valence-electron chi connectivity index (χ4n) is 4.20. The number of nitrogens with zero attached hydrogens (tertiary/aromatic N) is 2. The number of hydrogen-bond donors (Lipinski definition) is 1. The van der Waals surface area contributed by atoms with E-state index in [0.717, 1.165) is 83.1 Å². The summed E-state index contributed by atoms with van der Waals surface area (Å²) in [6.45, 7) is 4.61.